The lowest BCUT2D eigenvalue weighted by atomic mass is 9.84. The van der Waals surface area contributed by atoms with Crippen molar-refractivity contribution < 1.29 is 9.53 Å². The molecule has 20 heavy (non-hydrogen) atoms. The Kier molecular flexibility index (Phi) is 5.72. The lowest BCUT2D eigenvalue weighted by Crippen LogP contribution is -2.21. The number of hydrogen-bond donors (Lipinski definition) is 0. The fourth-order valence-electron chi connectivity index (χ4n) is 2.63. The van der Waals surface area contributed by atoms with Crippen LogP contribution in [-0.4, -0.2) is 17.8 Å². The highest BCUT2D eigenvalue weighted by Crippen LogP contribution is 2.39. The van der Waals surface area contributed by atoms with Crippen molar-refractivity contribution in [2.45, 2.75) is 42.8 Å². The molecule has 1 aromatic carbocycles. The average molecular weight is 290 g/mol. The highest BCUT2D eigenvalue weighted by molar-refractivity contribution is 8.00. The van der Waals surface area contributed by atoms with E-state index in [0.717, 1.165) is 19.3 Å². The number of benzene rings is 1. The Morgan fingerprint density at radius 3 is 2.75 bits per heavy atom. The number of ether oxygens (including phenoxy) is 1. The van der Waals surface area contributed by atoms with Crippen molar-refractivity contribution in [3.63, 3.8) is 0 Å². The first kappa shape index (κ1) is 15.2. The molecule has 2 atom stereocenters. The zero-order chi connectivity index (χ0) is 14.4. The van der Waals surface area contributed by atoms with Gasteiger partial charge in [0.15, 0.2) is 0 Å². The molecule has 0 heterocycles. The third-order valence-corrected chi connectivity index (χ3v) is 5.02. The number of esters is 1. The van der Waals surface area contributed by atoms with E-state index in [1.165, 1.54) is 10.5 Å². The minimum atomic E-state index is -0.0699. The van der Waals surface area contributed by atoms with Crippen LogP contribution >= 0.6 is 11.8 Å². The van der Waals surface area contributed by atoms with Crippen LogP contribution in [0.1, 0.15) is 32.6 Å². The van der Waals surface area contributed by atoms with E-state index >= 15 is 0 Å². The number of carbonyl (C=O) groups is 1. The van der Waals surface area contributed by atoms with Crippen LogP contribution < -0.4 is 0 Å². The van der Waals surface area contributed by atoms with Gasteiger partial charge in [-0.05, 0) is 44.2 Å². The largest absolute Gasteiger partial charge is 0.466 e. The second kappa shape index (κ2) is 7.53. The van der Waals surface area contributed by atoms with Crippen LogP contribution in [0.3, 0.4) is 0 Å². The van der Waals surface area contributed by atoms with Gasteiger partial charge in [0.25, 0.3) is 0 Å². The molecule has 0 aromatic heterocycles. The number of carbonyl (C=O) groups excluding carboxylic acids is 1. The summed E-state index contributed by atoms with van der Waals surface area (Å²) >= 11 is 1.89. The molecular formula is C17H22O2S. The van der Waals surface area contributed by atoms with E-state index in [4.69, 9.17) is 4.74 Å². The zero-order valence-corrected chi connectivity index (χ0v) is 12.8. The minimum absolute atomic E-state index is 0.0699. The molecule has 1 saturated carbocycles. The lowest BCUT2D eigenvalue weighted by molar-refractivity contribution is -0.144. The molecule has 1 fully saturated rings. The molecule has 1 aliphatic rings. The van der Waals surface area contributed by atoms with E-state index in [0.29, 0.717) is 24.2 Å². The maximum atomic E-state index is 11.5. The van der Waals surface area contributed by atoms with Gasteiger partial charge in [0.05, 0.1) is 6.61 Å². The van der Waals surface area contributed by atoms with Gasteiger partial charge in [-0.25, -0.2) is 0 Å². The second-order valence-corrected chi connectivity index (χ2v) is 6.51. The van der Waals surface area contributed by atoms with Crippen molar-refractivity contribution in [2.24, 2.45) is 5.92 Å². The number of rotatable bonds is 5. The van der Waals surface area contributed by atoms with Crippen LogP contribution in [0.4, 0.5) is 0 Å². The first-order valence-electron chi connectivity index (χ1n) is 7.24. The highest BCUT2D eigenvalue weighted by Gasteiger charge is 2.26. The molecular weight excluding hydrogens is 268 g/mol. The first-order chi connectivity index (χ1) is 9.69. The Morgan fingerprint density at radius 1 is 1.35 bits per heavy atom. The van der Waals surface area contributed by atoms with E-state index < -0.39 is 0 Å². The van der Waals surface area contributed by atoms with Gasteiger partial charge >= 0.3 is 5.97 Å². The van der Waals surface area contributed by atoms with Gasteiger partial charge in [-0.2, -0.15) is 0 Å². The zero-order valence-electron chi connectivity index (χ0n) is 12.0. The van der Waals surface area contributed by atoms with Gasteiger partial charge in [-0.15, -0.1) is 11.8 Å². The molecule has 0 spiro atoms. The quantitative estimate of drug-likeness (QED) is 0.591. The second-order valence-electron chi connectivity index (χ2n) is 5.23. The van der Waals surface area contributed by atoms with Crippen molar-refractivity contribution in [2.75, 3.05) is 6.61 Å². The van der Waals surface area contributed by atoms with E-state index in [1.807, 2.05) is 24.8 Å². The maximum absolute atomic E-state index is 11.5. The molecule has 2 unspecified atom stereocenters. The molecule has 0 amide bonds. The molecule has 2 rings (SSSR count). The van der Waals surface area contributed by atoms with E-state index in [1.54, 1.807) is 0 Å². The van der Waals surface area contributed by atoms with Crippen molar-refractivity contribution in [3.05, 3.63) is 42.5 Å². The van der Waals surface area contributed by atoms with Crippen molar-refractivity contribution >= 4 is 17.7 Å². The molecule has 0 aliphatic heterocycles. The standard InChI is InChI=1S/C17H22O2S/c1-3-19-17(18)12-14-9-10-16(13(2)11-14)20-15-7-5-4-6-8-15/h4-8,14,16H,2-3,9-12H2,1H3. The molecule has 0 radical (unpaired) electrons. The van der Waals surface area contributed by atoms with Crippen LogP contribution in [0.15, 0.2) is 47.4 Å². The normalized spacial score (nSPS) is 22.6. The van der Waals surface area contributed by atoms with Crippen LogP contribution in [0.25, 0.3) is 0 Å². The summed E-state index contributed by atoms with van der Waals surface area (Å²) in [7, 11) is 0. The predicted molar refractivity (Wildman–Crippen MR) is 83.8 cm³/mol. The van der Waals surface area contributed by atoms with Gasteiger partial charge in [0.2, 0.25) is 0 Å². The summed E-state index contributed by atoms with van der Waals surface area (Å²) in [4.78, 5) is 12.8. The van der Waals surface area contributed by atoms with E-state index in [2.05, 4.69) is 30.8 Å². The SMILES string of the molecule is C=C1CC(CC(=O)OCC)CCC1Sc1ccccc1. The van der Waals surface area contributed by atoms with Crippen LogP contribution in [0.2, 0.25) is 0 Å². The van der Waals surface area contributed by atoms with Gasteiger partial charge < -0.3 is 4.74 Å². The topological polar surface area (TPSA) is 26.3 Å². The third-order valence-electron chi connectivity index (χ3n) is 3.63. The highest BCUT2D eigenvalue weighted by atomic mass is 32.2. The summed E-state index contributed by atoms with van der Waals surface area (Å²) in [6, 6.07) is 10.5. The van der Waals surface area contributed by atoms with Gasteiger partial charge in [0.1, 0.15) is 0 Å². The Morgan fingerprint density at radius 2 is 2.10 bits per heavy atom. The van der Waals surface area contributed by atoms with Crippen molar-refractivity contribution in [1.29, 1.82) is 0 Å². The fourth-order valence-corrected chi connectivity index (χ4v) is 3.79. The minimum Gasteiger partial charge on any atom is -0.466 e. The molecule has 1 aromatic rings. The maximum Gasteiger partial charge on any atom is 0.306 e. The molecule has 1 aliphatic carbocycles. The Hall–Kier alpha value is -1.22. The summed E-state index contributed by atoms with van der Waals surface area (Å²) in [5.41, 5.74) is 1.26. The van der Waals surface area contributed by atoms with Gasteiger partial charge in [-0.3, -0.25) is 4.79 Å². The summed E-state index contributed by atoms with van der Waals surface area (Å²) in [5, 5.41) is 0.482. The van der Waals surface area contributed by atoms with Crippen LogP contribution in [0.5, 0.6) is 0 Å². The Balaban J connectivity index is 1.83. The molecule has 3 heteroatoms. The van der Waals surface area contributed by atoms with E-state index in [9.17, 15) is 4.79 Å². The Labute approximate surface area is 125 Å². The third kappa shape index (κ3) is 4.41. The summed E-state index contributed by atoms with van der Waals surface area (Å²) in [6.45, 7) is 6.54. The average Bonchev–Trinajstić information content (AvgIpc) is 2.43. The van der Waals surface area contributed by atoms with Gasteiger partial charge in [-0.1, -0.05) is 30.4 Å². The van der Waals surface area contributed by atoms with E-state index in [-0.39, 0.29) is 5.97 Å². The summed E-state index contributed by atoms with van der Waals surface area (Å²) in [5.74, 6) is 0.341. The Bertz CT molecular complexity index is 455. The van der Waals surface area contributed by atoms with Crippen LogP contribution in [-0.2, 0) is 9.53 Å². The molecule has 108 valence electrons. The predicted octanol–water partition coefficient (Wildman–Crippen LogP) is 4.46. The monoisotopic (exact) mass is 290 g/mol. The summed E-state index contributed by atoms with van der Waals surface area (Å²) < 4.78 is 5.03. The molecule has 0 saturated heterocycles. The summed E-state index contributed by atoms with van der Waals surface area (Å²) in [6.07, 6.45) is 3.67. The number of hydrogen-bond acceptors (Lipinski definition) is 3. The fraction of sp³-hybridized carbons (Fsp3) is 0.471. The van der Waals surface area contributed by atoms with Crippen molar-refractivity contribution in [1.82, 2.24) is 0 Å². The lowest BCUT2D eigenvalue weighted by Gasteiger charge is -2.29. The molecule has 0 bridgehead atoms. The molecule has 0 N–H and O–H groups in total. The number of thioether (sulfide) groups is 1. The molecule has 2 nitrogen and oxygen atoms in total. The smallest absolute Gasteiger partial charge is 0.306 e. The van der Waals surface area contributed by atoms with Crippen molar-refractivity contribution in [3.8, 4) is 0 Å². The van der Waals surface area contributed by atoms with Gasteiger partial charge in [0, 0.05) is 16.6 Å². The van der Waals surface area contributed by atoms with Crippen LogP contribution in [0, 0.1) is 5.92 Å². The first-order valence-corrected chi connectivity index (χ1v) is 8.12.